The third-order valence-corrected chi connectivity index (χ3v) is 4.25. The minimum atomic E-state index is -0.384. The van der Waals surface area contributed by atoms with Crippen molar-refractivity contribution in [2.45, 2.75) is 13.0 Å². The van der Waals surface area contributed by atoms with Gasteiger partial charge in [-0.2, -0.15) is 0 Å². The van der Waals surface area contributed by atoms with E-state index < -0.39 is 0 Å². The van der Waals surface area contributed by atoms with Crippen LogP contribution >= 0.6 is 24.8 Å². The van der Waals surface area contributed by atoms with Crippen molar-refractivity contribution in [3.63, 3.8) is 0 Å². The highest BCUT2D eigenvalue weighted by Crippen LogP contribution is 2.17. The molecule has 0 bridgehead atoms. The van der Waals surface area contributed by atoms with Gasteiger partial charge in [-0.3, -0.25) is 9.88 Å². The highest BCUT2D eigenvalue weighted by Gasteiger charge is 2.22. The standard InChI is InChI=1S/C20H24N2O4.2ClH/c1-16-5-2-3-7-19(16)25-15-18(14-22-9-11-24-12-10-22)26-20(23)17-6-4-8-21-13-17;;/h2-8,13,18H,9-12,14-15H2,1H3;2*1H. The summed E-state index contributed by atoms with van der Waals surface area (Å²) in [5.41, 5.74) is 1.49. The van der Waals surface area contributed by atoms with Crippen molar-refractivity contribution in [1.29, 1.82) is 0 Å². The number of aromatic nitrogens is 1. The fourth-order valence-electron chi connectivity index (χ4n) is 2.80. The van der Waals surface area contributed by atoms with Gasteiger partial charge < -0.3 is 14.2 Å². The number of morpholine rings is 1. The molecule has 2 aromatic rings. The van der Waals surface area contributed by atoms with Gasteiger partial charge in [0.1, 0.15) is 18.5 Å². The second kappa shape index (κ2) is 12.6. The predicted molar refractivity (Wildman–Crippen MR) is 112 cm³/mol. The van der Waals surface area contributed by atoms with Crippen LogP contribution in [0.15, 0.2) is 48.8 Å². The lowest BCUT2D eigenvalue weighted by Crippen LogP contribution is -2.44. The van der Waals surface area contributed by atoms with E-state index in [1.165, 1.54) is 6.20 Å². The lowest BCUT2D eigenvalue weighted by Gasteiger charge is -2.30. The molecule has 1 aliphatic rings. The first kappa shape index (κ1) is 24.2. The molecule has 1 fully saturated rings. The third-order valence-electron chi connectivity index (χ3n) is 4.25. The number of pyridine rings is 1. The topological polar surface area (TPSA) is 60.9 Å². The van der Waals surface area contributed by atoms with E-state index in [2.05, 4.69) is 9.88 Å². The Labute approximate surface area is 178 Å². The van der Waals surface area contributed by atoms with E-state index in [1.807, 2.05) is 31.2 Å². The highest BCUT2D eigenvalue weighted by molar-refractivity contribution is 5.89. The van der Waals surface area contributed by atoms with Crippen LogP contribution in [0.1, 0.15) is 15.9 Å². The van der Waals surface area contributed by atoms with Crippen LogP contribution in [-0.2, 0) is 9.47 Å². The van der Waals surface area contributed by atoms with E-state index in [0.717, 1.165) is 24.4 Å². The van der Waals surface area contributed by atoms with E-state index in [-0.39, 0.29) is 36.9 Å². The van der Waals surface area contributed by atoms with Crippen molar-refractivity contribution in [3.8, 4) is 5.75 Å². The molecule has 0 N–H and O–H groups in total. The second-order valence-corrected chi connectivity index (χ2v) is 6.26. The number of benzene rings is 1. The number of carbonyl (C=O) groups is 1. The number of hydrogen-bond donors (Lipinski definition) is 0. The summed E-state index contributed by atoms with van der Waals surface area (Å²) in [5, 5.41) is 0. The molecule has 0 aliphatic carbocycles. The van der Waals surface area contributed by atoms with Gasteiger partial charge >= 0.3 is 5.97 Å². The summed E-state index contributed by atoms with van der Waals surface area (Å²) in [4.78, 5) is 18.6. The van der Waals surface area contributed by atoms with Crippen LogP contribution in [0.2, 0.25) is 0 Å². The first-order chi connectivity index (χ1) is 12.7. The number of aryl methyl sites for hydroxylation is 1. The SMILES string of the molecule is Cc1ccccc1OCC(CN1CCOCC1)OC(=O)c1cccnc1.Cl.Cl. The van der Waals surface area contributed by atoms with E-state index in [1.54, 1.807) is 18.3 Å². The van der Waals surface area contributed by atoms with Crippen molar-refractivity contribution >= 4 is 30.8 Å². The zero-order valence-electron chi connectivity index (χ0n) is 15.8. The second-order valence-electron chi connectivity index (χ2n) is 6.26. The molecule has 1 aliphatic heterocycles. The maximum atomic E-state index is 12.4. The van der Waals surface area contributed by atoms with Crippen LogP contribution in [0.5, 0.6) is 5.75 Å². The number of hydrogen-bond acceptors (Lipinski definition) is 6. The normalized spacial score (nSPS) is 14.9. The van der Waals surface area contributed by atoms with Crippen molar-refractivity contribution in [2.24, 2.45) is 0 Å². The molecule has 2 heterocycles. The zero-order chi connectivity index (χ0) is 18.2. The molecule has 1 aromatic carbocycles. The maximum Gasteiger partial charge on any atom is 0.340 e. The third kappa shape index (κ3) is 7.28. The maximum absolute atomic E-state index is 12.4. The van der Waals surface area contributed by atoms with Gasteiger partial charge in [0.25, 0.3) is 0 Å². The van der Waals surface area contributed by atoms with Crippen LogP contribution in [0.3, 0.4) is 0 Å². The quantitative estimate of drug-likeness (QED) is 0.631. The van der Waals surface area contributed by atoms with Crippen molar-refractivity contribution < 1.29 is 19.0 Å². The van der Waals surface area contributed by atoms with Gasteiger partial charge in [0.05, 0.1) is 18.8 Å². The van der Waals surface area contributed by atoms with Crippen molar-refractivity contribution in [3.05, 3.63) is 59.9 Å². The molecule has 28 heavy (non-hydrogen) atoms. The molecule has 3 rings (SSSR count). The van der Waals surface area contributed by atoms with Crippen LogP contribution in [0.25, 0.3) is 0 Å². The number of halogens is 2. The van der Waals surface area contributed by atoms with Gasteiger partial charge in [-0.25, -0.2) is 4.79 Å². The van der Waals surface area contributed by atoms with Crippen molar-refractivity contribution in [1.82, 2.24) is 9.88 Å². The lowest BCUT2D eigenvalue weighted by atomic mass is 10.2. The predicted octanol–water partition coefficient (Wildman–Crippen LogP) is 3.17. The summed E-state index contributed by atoms with van der Waals surface area (Å²) < 4.78 is 17.0. The number of rotatable bonds is 7. The number of nitrogens with zero attached hydrogens (tertiary/aromatic N) is 2. The Bertz CT molecular complexity index is 712. The molecule has 6 nitrogen and oxygen atoms in total. The summed E-state index contributed by atoms with van der Waals surface area (Å²) in [5.74, 6) is 0.418. The molecule has 154 valence electrons. The fraction of sp³-hybridized carbons (Fsp3) is 0.400. The summed E-state index contributed by atoms with van der Waals surface area (Å²) >= 11 is 0. The summed E-state index contributed by atoms with van der Waals surface area (Å²) in [6.45, 7) is 5.95. The van der Waals surface area contributed by atoms with Crippen LogP contribution in [-0.4, -0.2) is 61.4 Å². The van der Waals surface area contributed by atoms with Gasteiger partial charge in [0.15, 0.2) is 0 Å². The highest BCUT2D eigenvalue weighted by atomic mass is 35.5. The minimum absolute atomic E-state index is 0. The Balaban J connectivity index is 0.00000196. The van der Waals surface area contributed by atoms with E-state index in [4.69, 9.17) is 14.2 Å². The Hall–Kier alpha value is -1.86. The lowest BCUT2D eigenvalue weighted by molar-refractivity contribution is -0.0154. The van der Waals surface area contributed by atoms with Gasteiger partial charge in [-0.1, -0.05) is 18.2 Å². The molecule has 8 heteroatoms. The van der Waals surface area contributed by atoms with Gasteiger partial charge in [0, 0.05) is 32.0 Å². The van der Waals surface area contributed by atoms with Gasteiger partial charge in [0.2, 0.25) is 0 Å². The average Bonchev–Trinajstić information content (AvgIpc) is 2.68. The summed E-state index contributed by atoms with van der Waals surface area (Å²) in [6.07, 6.45) is 2.76. The molecular weight excluding hydrogens is 403 g/mol. The summed E-state index contributed by atoms with van der Waals surface area (Å²) in [6, 6.07) is 11.2. The van der Waals surface area contributed by atoms with Crippen LogP contribution < -0.4 is 4.74 Å². The fourth-order valence-corrected chi connectivity index (χ4v) is 2.80. The molecule has 0 spiro atoms. The zero-order valence-corrected chi connectivity index (χ0v) is 17.4. The van der Waals surface area contributed by atoms with E-state index in [0.29, 0.717) is 31.9 Å². The average molecular weight is 429 g/mol. The molecule has 0 amide bonds. The van der Waals surface area contributed by atoms with Gasteiger partial charge in [-0.15, -0.1) is 24.8 Å². The van der Waals surface area contributed by atoms with Crippen LogP contribution in [0.4, 0.5) is 0 Å². The molecule has 0 radical (unpaired) electrons. The largest absolute Gasteiger partial charge is 0.489 e. The molecule has 1 aromatic heterocycles. The Morgan fingerprint density at radius 1 is 1.18 bits per heavy atom. The molecule has 1 saturated heterocycles. The number of carbonyl (C=O) groups excluding carboxylic acids is 1. The number of esters is 1. The number of ether oxygens (including phenoxy) is 3. The Kier molecular flexibility index (Phi) is 10.9. The molecule has 1 atom stereocenters. The van der Waals surface area contributed by atoms with E-state index >= 15 is 0 Å². The van der Waals surface area contributed by atoms with Crippen LogP contribution in [0, 0.1) is 6.92 Å². The Morgan fingerprint density at radius 3 is 2.61 bits per heavy atom. The summed E-state index contributed by atoms with van der Waals surface area (Å²) in [7, 11) is 0. The van der Waals surface area contributed by atoms with Crippen molar-refractivity contribution in [2.75, 3.05) is 39.5 Å². The van der Waals surface area contributed by atoms with Gasteiger partial charge in [-0.05, 0) is 30.7 Å². The molecular formula is C20H26Cl2N2O4. The van der Waals surface area contributed by atoms with E-state index in [9.17, 15) is 4.79 Å². The molecule has 1 unspecified atom stereocenters. The first-order valence-corrected chi connectivity index (χ1v) is 8.82. The minimum Gasteiger partial charge on any atom is -0.489 e. The first-order valence-electron chi connectivity index (χ1n) is 8.82. The monoisotopic (exact) mass is 428 g/mol. The molecule has 0 saturated carbocycles. The smallest absolute Gasteiger partial charge is 0.340 e. The number of para-hydroxylation sites is 1. The Morgan fingerprint density at radius 2 is 1.93 bits per heavy atom.